The van der Waals surface area contributed by atoms with E-state index in [-0.39, 0.29) is 11.4 Å². The van der Waals surface area contributed by atoms with Gasteiger partial charge in [0.1, 0.15) is 4.90 Å². The zero-order chi connectivity index (χ0) is 16.6. The zero-order valence-corrected chi connectivity index (χ0v) is 13.4. The third-order valence-corrected chi connectivity index (χ3v) is 5.28. The van der Waals surface area contributed by atoms with Crippen molar-refractivity contribution in [1.29, 1.82) is 0 Å². The maximum Gasteiger partial charge on any atom is 0.243 e. The highest BCUT2D eigenvalue weighted by Gasteiger charge is 2.18. The van der Waals surface area contributed by atoms with E-state index in [1.54, 1.807) is 35.1 Å². The first kappa shape index (κ1) is 14.8. The molecular formula is C17H14N4O2S. The molecule has 0 atom stereocenters. The summed E-state index contributed by atoms with van der Waals surface area (Å²) in [4.78, 5) is 4.38. The Labute approximate surface area is 138 Å². The number of pyridine rings is 2. The van der Waals surface area contributed by atoms with Gasteiger partial charge in [-0.3, -0.25) is 4.98 Å². The first-order valence-electron chi connectivity index (χ1n) is 7.40. The quantitative estimate of drug-likeness (QED) is 0.620. The maximum atomic E-state index is 12.7. The number of sulfonamides is 1. The lowest BCUT2D eigenvalue weighted by molar-refractivity contribution is 0.582. The van der Waals surface area contributed by atoms with Gasteiger partial charge in [-0.05, 0) is 24.3 Å². The third kappa shape index (κ3) is 2.53. The summed E-state index contributed by atoms with van der Waals surface area (Å²) in [6.07, 6.45) is 5.08. The fourth-order valence-corrected chi connectivity index (χ4v) is 3.85. The monoisotopic (exact) mass is 338 g/mol. The lowest BCUT2D eigenvalue weighted by Gasteiger charge is -2.08. The van der Waals surface area contributed by atoms with Crippen LogP contribution in [-0.4, -0.2) is 23.0 Å². The van der Waals surface area contributed by atoms with Gasteiger partial charge in [-0.1, -0.05) is 24.3 Å². The second kappa shape index (κ2) is 5.70. The summed E-state index contributed by atoms with van der Waals surface area (Å²) in [5, 5.41) is 5.00. The van der Waals surface area contributed by atoms with Gasteiger partial charge in [-0.15, -0.1) is 0 Å². The van der Waals surface area contributed by atoms with E-state index in [2.05, 4.69) is 14.8 Å². The summed E-state index contributed by atoms with van der Waals surface area (Å²) in [7, 11) is -3.68. The van der Waals surface area contributed by atoms with Gasteiger partial charge in [0, 0.05) is 29.9 Å². The molecular weight excluding hydrogens is 324 g/mol. The SMILES string of the molecule is O=S(=O)(NCc1cnn2ccccc12)c1cccc2cccnc12. The number of hydrogen-bond donors (Lipinski definition) is 1. The molecule has 1 N–H and O–H groups in total. The van der Waals surface area contributed by atoms with Crippen LogP contribution in [0.3, 0.4) is 0 Å². The van der Waals surface area contributed by atoms with Crippen LogP contribution in [0.5, 0.6) is 0 Å². The van der Waals surface area contributed by atoms with Gasteiger partial charge in [-0.2, -0.15) is 5.10 Å². The van der Waals surface area contributed by atoms with Gasteiger partial charge in [0.25, 0.3) is 0 Å². The maximum absolute atomic E-state index is 12.7. The van der Waals surface area contributed by atoms with Crippen LogP contribution in [0.1, 0.15) is 5.56 Å². The number of benzene rings is 1. The molecule has 0 amide bonds. The van der Waals surface area contributed by atoms with Crippen molar-refractivity contribution in [2.24, 2.45) is 0 Å². The van der Waals surface area contributed by atoms with Gasteiger partial charge >= 0.3 is 0 Å². The molecule has 0 saturated carbocycles. The fourth-order valence-electron chi connectivity index (χ4n) is 2.67. The predicted molar refractivity (Wildman–Crippen MR) is 91.0 cm³/mol. The Bertz CT molecular complexity index is 1130. The van der Waals surface area contributed by atoms with Crippen LogP contribution in [0.4, 0.5) is 0 Å². The number of para-hydroxylation sites is 1. The minimum atomic E-state index is -3.68. The molecule has 3 aromatic heterocycles. The van der Waals surface area contributed by atoms with Crippen molar-refractivity contribution < 1.29 is 8.42 Å². The Kier molecular flexibility index (Phi) is 3.51. The van der Waals surface area contributed by atoms with Crippen LogP contribution >= 0.6 is 0 Å². The molecule has 6 nitrogen and oxygen atoms in total. The van der Waals surface area contributed by atoms with Gasteiger partial charge in [0.2, 0.25) is 10.0 Å². The molecule has 4 aromatic rings. The van der Waals surface area contributed by atoms with Crippen molar-refractivity contribution in [1.82, 2.24) is 19.3 Å². The lowest BCUT2D eigenvalue weighted by Crippen LogP contribution is -2.23. The summed E-state index contributed by atoms with van der Waals surface area (Å²) in [5.74, 6) is 0. The first-order chi connectivity index (χ1) is 11.6. The van der Waals surface area contributed by atoms with Crippen LogP contribution in [-0.2, 0) is 16.6 Å². The van der Waals surface area contributed by atoms with Crippen LogP contribution in [0.15, 0.2) is 72.0 Å². The summed E-state index contributed by atoms with van der Waals surface area (Å²) in [6, 6.07) is 14.4. The summed E-state index contributed by atoms with van der Waals surface area (Å²) < 4.78 is 29.8. The van der Waals surface area contributed by atoms with Gasteiger partial charge < -0.3 is 0 Å². The molecule has 120 valence electrons. The topological polar surface area (TPSA) is 76.4 Å². The van der Waals surface area contributed by atoms with E-state index < -0.39 is 10.0 Å². The van der Waals surface area contributed by atoms with Crippen molar-refractivity contribution in [2.75, 3.05) is 0 Å². The van der Waals surface area contributed by atoms with Gasteiger partial charge in [-0.25, -0.2) is 17.7 Å². The minimum Gasteiger partial charge on any atom is -0.255 e. The third-order valence-electron chi connectivity index (χ3n) is 3.84. The molecule has 0 spiro atoms. The second-order valence-corrected chi connectivity index (χ2v) is 7.09. The van der Waals surface area contributed by atoms with Crippen LogP contribution < -0.4 is 4.72 Å². The van der Waals surface area contributed by atoms with E-state index >= 15 is 0 Å². The molecule has 3 heterocycles. The fraction of sp³-hybridized carbons (Fsp3) is 0.0588. The van der Waals surface area contributed by atoms with Crippen molar-refractivity contribution in [3.05, 3.63) is 72.7 Å². The Morgan fingerprint density at radius 3 is 2.83 bits per heavy atom. The van der Waals surface area contributed by atoms with Crippen molar-refractivity contribution in [2.45, 2.75) is 11.4 Å². The van der Waals surface area contributed by atoms with E-state index in [1.807, 2.05) is 36.5 Å². The summed E-state index contributed by atoms with van der Waals surface area (Å²) >= 11 is 0. The average molecular weight is 338 g/mol. The van der Waals surface area contributed by atoms with Crippen LogP contribution in [0.25, 0.3) is 16.4 Å². The van der Waals surface area contributed by atoms with Crippen molar-refractivity contribution in [3.8, 4) is 0 Å². The van der Waals surface area contributed by atoms with Gasteiger partial charge in [0.15, 0.2) is 0 Å². The van der Waals surface area contributed by atoms with Gasteiger partial charge in [0.05, 0.1) is 17.2 Å². The molecule has 0 unspecified atom stereocenters. The summed E-state index contributed by atoms with van der Waals surface area (Å²) in [5.41, 5.74) is 2.15. The molecule has 24 heavy (non-hydrogen) atoms. The molecule has 0 bridgehead atoms. The number of aromatic nitrogens is 3. The Hall–Kier alpha value is -2.77. The largest absolute Gasteiger partial charge is 0.255 e. The Morgan fingerprint density at radius 1 is 1.04 bits per heavy atom. The number of nitrogens with zero attached hydrogens (tertiary/aromatic N) is 3. The normalized spacial score (nSPS) is 12.0. The molecule has 0 fully saturated rings. The molecule has 0 aliphatic rings. The van der Waals surface area contributed by atoms with Crippen LogP contribution in [0, 0.1) is 0 Å². The number of fused-ring (bicyclic) bond motifs is 2. The highest BCUT2D eigenvalue weighted by Crippen LogP contribution is 2.21. The van der Waals surface area contributed by atoms with Crippen LogP contribution in [0.2, 0.25) is 0 Å². The van der Waals surface area contributed by atoms with E-state index in [0.29, 0.717) is 5.52 Å². The summed E-state index contributed by atoms with van der Waals surface area (Å²) in [6.45, 7) is 0.166. The Morgan fingerprint density at radius 2 is 1.92 bits per heavy atom. The molecule has 4 rings (SSSR count). The molecule has 0 radical (unpaired) electrons. The first-order valence-corrected chi connectivity index (χ1v) is 8.88. The number of nitrogens with one attached hydrogen (secondary N) is 1. The van der Waals surface area contributed by atoms with E-state index in [0.717, 1.165) is 16.5 Å². The standard InChI is InChI=1S/C17H14N4O2S/c22-24(23,16-8-3-5-13-6-4-9-18-17(13)16)20-12-14-11-19-21-10-2-1-7-15(14)21/h1-11,20H,12H2. The highest BCUT2D eigenvalue weighted by atomic mass is 32.2. The average Bonchev–Trinajstić information content (AvgIpc) is 3.03. The highest BCUT2D eigenvalue weighted by molar-refractivity contribution is 7.89. The lowest BCUT2D eigenvalue weighted by atomic mass is 10.2. The molecule has 1 aromatic carbocycles. The van der Waals surface area contributed by atoms with E-state index in [9.17, 15) is 8.42 Å². The Balaban J connectivity index is 1.68. The van der Waals surface area contributed by atoms with E-state index in [4.69, 9.17) is 0 Å². The second-order valence-electron chi connectivity index (χ2n) is 5.36. The van der Waals surface area contributed by atoms with E-state index in [1.165, 1.54) is 0 Å². The molecule has 0 saturated heterocycles. The number of rotatable bonds is 4. The molecule has 7 heteroatoms. The molecule has 0 aliphatic heterocycles. The minimum absolute atomic E-state index is 0.166. The zero-order valence-electron chi connectivity index (χ0n) is 12.6. The molecule has 0 aliphatic carbocycles. The number of hydrogen-bond acceptors (Lipinski definition) is 4. The van der Waals surface area contributed by atoms with Crippen molar-refractivity contribution >= 4 is 26.4 Å². The van der Waals surface area contributed by atoms with Crippen molar-refractivity contribution in [3.63, 3.8) is 0 Å². The smallest absolute Gasteiger partial charge is 0.243 e. The predicted octanol–water partition coefficient (Wildman–Crippen LogP) is 2.36.